The second kappa shape index (κ2) is 8.42. The summed E-state index contributed by atoms with van der Waals surface area (Å²) in [5.74, 6) is 0.962. The van der Waals surface area contributed by atoms with Crippen molar-refractivity contribution in [2.75, 3.05) is 12.4 Å². The first-order chi connectivity index (χ1) is 16.7. The van der Waals surface area contributed by atoms with E-state index in [9.17, 15) is 8.78 Å². The lowest BCUT2D eigenvalue weighted by Crippen LogP contribution is -2.30. The van der Waals surface area contributed by atoms with Gasteiger partial charge in [-0.3, -0.25) is 0 Å². The molecule has 1 aliphatic rings. The van der Waals surface area contributed by atoms with E-state index in [1.165, 1.54) is 4.57 Å². The number of methoxy groups -OCH3 is 1. The van der Waals surface area contributed by atoms with Crippen molar-refractivity contribution in [3.63, 3.8) is 0 Å². The lowest BCUT2D eigenvalue weighted by atomic mass is 9.93. The van der Waals surface area contributed by atoms with E-state index in [0.717, 1.165) is 29.5 Å². The number of ether oxygens (including phenoxy) is 1. The maximum Gasteiger partial charge on any atom is 0.256 e. The van der Waals surface area contributed by atoms with Crippen LogP contribution in [0.3, 0.4) is 0 Å². The van der Waals surface area contributed by atoms with Crippen LogP contribution in [0.5, 0.6) is 0 Å². The summed E-state index contributed by atoms with van der Waals surface area (Å²) in [6.07, 6.45) is 5.27. The van der Waals surface area contributed by atoms with Crippen LogP contribution < -0.4 is 5.32 Å². The van der Waals surface area contributed by atoms with Crippen molar-refractivity contribution in [2.45, 2.75) is 57.7 Å². The van der Waals surface area contributed by atoms with Crippen LogP contribution in [0.2, 0.25) is 0 Å². The highest BCUT2D eigenvalue weighted by atomic mass is 19.3. The molecule has 1 fully saturated rings. The lowest BCUT2D eigenvalue weighted by Gasteiger charge is -2.28. The number of anilines is 1. The van der Waals surface area contributed by atoms with Gasteiger partial charge in [-0.1, -0.05) is 0 Å². The molecule has 0 radical (unpaired) electrons. The van der Waals surface area contributed by atoms with Crippen molar-refractivity contribution < 1.29 is 17.6 Å². The fraction of sp³-hybridized carbons (Fsp3) is 0.455. The molecule has 0 amide bonds. The predicted molar refractivity (Wildman–Crippen MR) is 117 cm³/mol. The highest BCUT2D eigenvalue weighted by Gasteiger charge is 2.21. The molecule has 0 spiro atoms. The van der Waals surface area contributed by atoms with Crippen molar-refractivity contribution in [2.24, 2.45) is 0 Å². The van der Waals surface area contributed by atoms with Gasteiger partial charge in [0.15, 0.2) is 5.65 Å². The van der Waals surface area contributed by atoms with Gasteiger partial charge in [-0.25, -0.2) is 28.2 Å². The van der Waals surface area contributed by atoms with Gasteiger partial charge in [0, 0.05) is 36.6 Å². The zero-order valence-electron chi connectivity index (χ0n) is 20.5. The third-order valence-electron chi connectivity index (χ3n) is 6.02. The Balaban J connectivity index is 1.34. The second-order valence-corrected chi connectivity index (χ2v) is 8.10. The van der Waals surface area contributed by atoms with Crippen LogP contribution in [0, 0.1) is 6.92 Å². The summed E-state index contributed by atoms with van der Waals surface area (Å²) in [6.45, 7) is 1.25. The zero-order chi connectivity index (χ0) is 24.7. The quantitative estimate of drug-likeness (QED) is 0.483. The number of fused-ring (bicyclic) bond motifs is 2. The second-order valence-electron chi connectivity index (χ2n) is 8.10. The summed E-state index contributed by atoms with van der Waals surface area (Å²) in [4.78, 5) is 13.1. The number of imidazole rings is 1. The Bertz CT molecular complexity index is 1350. The van der Waals surface area contributed by atoms with Crippen LogP contribution in [0.15, 0.2) is 30.7 Å². The smallest absolute Gasteiger partial charge is 0.256 e. The SMILES string of the molecule is [2H]C([2H])([2H])O[C@H]1CC[C@@H](Nc2ncc3c(-c4cnc5nc(C)n(CC(F)F)c5c4)ccn3n2)CC1. The molecule has 4 aromatic heterocycles. The average Bonchev–Trinajstić information content (AvgIpc) is 3.34. The Morgan fingerprint density at radius 2 is 2.06 bits per heavy atom. The van der Waals surface area contributed by atoms with Crippen molar-refractivity contribution in [3.8, 4) is 11.1 Å². The average molecular weight is 445 g/mol. The largest absolute Gasteiger partial charge is 0.381 e. The highest BCUT2D eigenvalue weighted by molar-refractivity contribution is 5.85. The minimum atomic E-state index is -2.49. The van der Waals surface area contributed by atoms with E-state index >= 15 is 0 Å². The fourth-order valence-corrected chi connectivity index (χ4v) is 4.35. The molecule has 1 aliphatic carbocycles. The van der Waals surface area contributed by atoms with Crippen LogP contribution in [0.25, 0.3) is 27.8 Å². The van der Waals surface area contributed by atoms with Crippen molar-refractivity contribution >= 4 is 22.6 Å². The molecule has 4 aromatic rings. The number of hydrogen-bond donors (Lipinski definition) is 1. The third-order valence-corrected chi connectivity index (χ3v) is 6.02. The number of nitrogens with one attached hydrogen (secondary N) is 1. The van der Waals surface area contributed by atoms with Crippen LogP contribution in [-0.4, -0.2) is 54.7 Å². The minimum Gasteiger partial charge on any atom is -0.381 e. The van der Waals surface area contributed by atoms with Crippen LogP contribution in [0.1, 0.15) is 35.6 Å². The molecule has 10 heteroatoms. The normalized spacial score (nSPS) is 21.1. The molecule has 0 aliphatic heterocycles. The van der Waals surface area contributed by atoms with E-state index in [0.29, 0.717) is 35.8 Å². The molecule has 5 rings (SSSR count). The monoisotopic (exact) mass is 444 g/mol. The maximum atomic E-state index is 13.1. The number of pyridine rings is 1. The topological polar surface area (TPSA) is 82.2 Å². The molecule has 168 valence electrons. The van der Waals surface area contributed by atoms with Crippen LogP contribution in [-0.2, 0) is 11.3 Å². The number of halogens is 2. The van der Waals surface area contributed by atoms with Crippen LogP contribution in [0.4, 0.5) is 14.7 Å². The molecule has 0 bridgehead atoms. The lowest BCUT2D eigenvalue weighted by molar-refractivity contribution is 0.0681. The van der Waals surface area contributed by atoms with E-state index in [-0.39, 0.29) is 12.1 Å². The van der Waals surface area contributed by atoms with Crippen molar-refractivity contribution in [3.05, 3.63) is 36.5 Å². The molecule has 0 unspecified atom stereocenters. The summed E-state index contributed by atoms with van der Waals surface area (Å²) in [7, 11) is -2.37. The van der Waals surface area contributed by atoms with E-state index in [4.69, 9.17) is 8.85 Å². The van der Waals surface area contributed by atoms with E-state index in [2.05, 4.69) is 25.4 Å². The number of hydrogen-bond acceptors (Lipinski definition) is 6. The van der Waals surface area contributed by atoms with Gasteiger partial charge in [0.1, 0.15) is 5.82 Å². The Kier molecular flexibility index (Phi) is 4.58. The van der Waals surface area contributed by atoms with Gasteiger partial charge in [0.25, 0.3) is 6.43 Å². The van der Waals surface area contributed by atoms with Gasteiger partial charge >= 0.3 is 0 Å². The number of aromatic nitrogens is 6. The van der Waals surface area contributed by atoms with E-state index in [1.54, 1.807) is 23.8 Å². The van der Waals surface area contributed by atoms with E-state index < -0.39 is 20.0 Å². The summed E-state index contributed by atoms with van der Waals surface area (Å²) >= 11 is 0. The van der Waals surface area contributed by atoms with Gasteiger partial charge < -0.3 is 14.6 Å². The van der Waals surface area contributed by atoms with Gasteiger partial charge in [0.2, 0.25) is 5.95 Å². The Hall–Kier alpha value is -3.14. The highest BCUT2D eigenvalue weighted by Crippen LogP contribution is 2.28. The van der Waals surface area contributed by atoms with Gasteiger partial charge in [0.05, 0.1) is 34.0 Å². The summed E-state index contributed by atoms with van der Waals surface area (Å²) in [5.41, 5.74) is 3.32. The first-order valence-electron chi connectivity index (χ1n) is 12.1. The maximum absolute atomic E-state index is 13.1. The van der Waals surface area contributed by atoms with Gasteiger partial charge in [-0.2, -0.15) is 0 Å². The van der Waals surface area contributed by atoms with Crippen molar-refractivity contribution in [1.82, 2.24) is 29.1 Å². The molecule has 32 heavy (non-hydrogen) atoms. The van der Waals surface area contributed by atoms with Crippen LogP contribution >= 0.6 is 0 Å². The minimum absolute atomic E-state index is 0.129. The Labute approximate surface area is 187 Å². The third kappa shape index (κ3) is 3.90. The van der Waals surface area contributed by atoms with Crippen molar-refractivity contribution in [1.29, 1.82) is 0 Å². The number of alkyl halides is 2. The van der Waals surface area contributed by atoms with Gasteiger partial charge in [-0.15, -0.1) is 5.10 Å². The number of aryl methyl sites for hydroxylation is 1. The van der Waals surface area contributed by atoms with E-state index in [1.807, 2.05) is 18.3 Å². The Morgan fingerprint density at radius 3 is 2.84 bits per heavy atom. The Morgan fingerprint density at radius 1 is 1.22 bits per heavy atom. The molecule has 8 nitrogen and oxygen atoms in total. The molecule has 0 atom stereocenters. The first kappa shape index (κ1) is 17.4. The molecule has 1 N–H and O–H groups in total. The molecular weight excluding hydrogens is 416 g/mol. The summed E-state index contributed by atoms with van der Waals surface area (Å²) in [5, 5.41) is 7.88. The summed E-state index contributed by atoms with van der Waals surface area (Å²) in [6, 6.07) is 3.82. The molecule has 4 heterocycles. The number of nitrogens with zero attached hydrogens (tertiary/aromatic N) is 6. The first-order valence-corrected chi connectivity index (χ1v) is 10.6. The standard InChI is InChI=1S/C22H25F2N7O/c1-13-27-21-18(30(13)12-20(23)24)9-14(10-25-21)17-7-8-31-19(17)11-26-22(29-31)28-15-3-5-16(32-2)6-4-15/h7-11,15-16,20H,3-6,12H2,1-2H3,(H,28,29)/t15-,16+/i2D3. The zero-order valence-corrected chi connectivity index (χ0v) is 17.5. The molecule has 1 saturated carbocycles. The molecular formula is C22H25F2N7O. The fourth-order valence-electron chi connectivity index (χ4n) is 4.35. The molecule has 0 aromatic carbocycles. The predicted octanol–water partition coefficient (Wildman–Crippen LogP) is 4.08. The molecule has 0 saturated heterocycles. The van der Waals surface area contributed by atoms with Gasteiger partial charge in [-0.05, 0) is 44.7 Å². The number of rotatable bonds is 6. The summed E-state index contributed by atoms with van der Waals surface area (Å²) < 4.78 is 56.2.